The number of hydrogen-bond donors (Lipinski definition) is 1. The van der Waals surface area contributed by atoms with Crippen LogP contribution in [0.4, 0.5) is 5.69 Å². The predicted molar refractivity (Wildman–Crippen MR) is 168 cm³/mol. The molecule has 8 nitrogen and oxygen atoms in total. The number of carbonyl (C=O) groups is 2. The molecule has 2 amide bonds. The summed E-state index contributed by atoms with van der Waals surface area (Å²) >= 11 is 12.4. The van der Waals surface area contributed by atoms with Crippen LogP contribution in [0.1, 0.15) is 38.3 Å². The number of nitrogens with zero attached hydrogens (tertiary/aromatic N) is 2. The standard InChI is InChI=1S/C31H37Cl2N3O5S/c1-6-27(31(38)34-18-21(2)3)35(19-23-13-14-25(32)26(33)17-23)30(37)20-36(28-16-22(4)12-15-29(28)41-5)42(39,40)24-10-8-7-9-11-24/h7-17,21,27H,6,18-20H2,1-5H3,(H,34,38)/t27-/m1/s1. The molecule has 42 heavy (non-hydrogen) atoms. The maximum absolute atomic E-state index is 14.2. The molecule has 0 spiro atoms. The van der Waals surface area contributed by atoms with Crippen LogP contribution in [0.15, 0.2) is 71.6 Å². The Morgan fingerprint density at radius 1 is 0.976 bits per heavy atom. The minimum absolute atomic E-state index is 0.00744. The second-order valence-corrected chi connectivity index (χ2v) is 13.0. The van der Waals surface area contributed by atoms with Gasteiger partial charge >= 0.3 is 0 Å². The summed E-state index contributed by atoms with van der Waals surface area (Å²) in [7, 11) is -2.79. The first-order valence-electron chi connectivity index (χ1n) is 13.6. The number of halogens is 2. The monoisotopic (exact) mass is 633 g/mol. The summed E-state index contributed by atoms with van der Waals surface area (Å²) in [6.45, 7) is 7.43. The van der Waals surface area contributed by atoms with Gasteiger partial charge in [-0.1, -0.05) is 74.3 Å². The average Bonchev–Trinajstić information content (AvgIpc) is 2.96. The van der Waals surface area contributed by atoms with Crippen LogP contribution in [0, 0.1) is 12.8 Å². The number of hydrogen-bond acceptors (Lipinski definition) is 5. The van der Waals surface area contributed by atoms with Gasteiger partial charge in [0, 0.05) is 13.1 Å². The smallest absolute Gasteiger partial charge is 0.264 e. The zero-order valence-electron chi connectivity index (χ0n) is 24.4. The van der Waals surface area contributed by atoms with E-state index in [-0.39, 0.29) is 34.7 Å². The summed E-state index contributed by atoms with van der Waals surface area (Å²) in [4.78, 5) is 29.0. The molecule has 3 aromatic rings. The Bertz CT molecular complexity index is 1500. The Balaban J connectivity index is 2.12. The minimum atomic E-state index is -4.22. The minimum Gasteiger partial charge on any atom is -0.495 e. The van der Waals surface area contributed by atoms with E-state index in [0.29, 0.717) is 28.6 Å². The van der Waals surface area contributed by atoms with E-state index < -0.39 is 28.5 Å². The van der Waals surface area contributed by atoms with Gasteiger partial charge in [0.15, 0.2) is 0 Å². The van der Waals surface area contributed by atoms with E-state index in [4.69, 9.17) is 27.9 Å². The van der Waals surface area contributed by atoms with Crippen LogP contribution in [0.5, 0.6) is 5.75 Å². The average molecular weight is 635 g/mol. The Kier molecular flexibility index (Phi) is 11.7. The SMILES string of the molecule is CC[C@H](C(=O)NCC(C)C)N(Cc1ccc(Cl)c(Cl)c1)C(=O)CN(c1cc(C)ccc1OC)S(=O)(=O)c1ccccc1. The number of ether oxygens (including phenoxy) is 1. The third-order valence-corrected chi connectivity index (χ3v) is 9.13. The Hall–Kier alpha value is -3.27. The number of rotatable bonds is 13. The maximum atomic E-state index is 14.2. The summed E-state index contributed by atoms with van der Waals surface area (Å²) in [5.41, 5.74) is 1.62. The number of methoxy groups -OCH3 is 1. The molecule has 3 rings (SSSR count). The van der Waals surface area contributed by atoms with E-state index >= 15 is 0 Å². The third kappa shape index (κ3) is 8.18. The molecule has 0 aliphatic rings. The molecule has 0 radical (unpaired) electrons. The summed E-state index contributed by atoms with van der Waals surface area (Å²) in [6, 6.07) is 17.1. The normalized spacial score (nSPS) is 12.1. The predicted octanol–water partition coefficient (Wildman–Crippen LogP) is 6.09. The van der Waals surface area contributed by atoms with E-state index in [1.54, 1.807) is 61.5 Å². The molecule has 226 valence electrons. The number of sulfonamides is 1. The first-order valence-corrected chi connectivity index (χ1v) is 15.8. The summed E-state index contributed by atoms with van der Waals surface area (Å²) in [5.74, 6) is -0.419. The van der Waals surface area contributed by atoms with E-state index in [1.165, 1.54) is 24.1 Å². The van der Waals surface area contributed by atoms with Crippen LogP contribution in [0.2, 0.25) is 10.0 Å². The summed E-state index contributed by atoms with van der Waals surface area (Å²) in [6.07, 6.45) is 0.302. The van der Waals surface area contributed by atoms with E-state index in [0.717, 1.165) is 9.87 Å². The second-order valence-electron chi connectivity index (χ2n) is 10.3. The molecule has 1 atom stereocenters. The fourth-order valence-electron chi connectivity index (χ4n) is 4.40. The van der Waals surface area contributed by atoms with Gasteiger partial charge in [-0.3, -0.25) is 13.9 Å². The van der Waals surface area contributed by atoms with Crippen molar-refractivity contribution in [1.82, 2.24) is 10.2 Å². The summed E-state index contributed by atoms with van der Waals surface area (Å²) < 4.78 is 34.7. The highest BCUT2D eigenvalue weighted by Crippen LogP contribution is 2.34. The molecule has 0 aliphatic heterocycles. The Labute approximate surface area is 258 Å². The van der Waals surface area contributed by atoms with Crippen molar-refractivity contribution in [3.05, 3.63) is 87.9 Å². The first kappa shape index (κ1) is 33.2. The molecule has 0 aromatic heterocycles. The fourth-order valence-corrected chi connectivity index (χ4v) is 6.16. The molecule has 0 saturated carbocycles. The van der Waals surface area contributed by atoms with Crippen LogP contribution in [0.3, 0.4) is 0 Å². The van der Waals surface area contributed by atoms with E-state index in [2.05, 4.69) is 5.32 Å². The van der Waals surface area contributed by atoms with Crippen molar-refractivity contribution in [2.24, 2.45) is 5.92 Å². The molecular weight excluding hydrogens is 597 g/mol. The Morgan fingerprint density at radius 2 is 1.67 bits per heavy atom. The van der Waals surface area contributed by atoms with Crippen molar-refractivity contribution in [1.29, 1.82) is 0 Å². The quantitative estimate of drug-likeness (QED) is 0.246. The zero-order valence-corrected chi connectivity index (χ0v) is 26.8. The van der Waals surface area contributed by atoms with Gasteiger partial charge in [0.2, 0.25) is 11.8 Å². The molecule has 0 heterocycles. The summed E-state index contributed by atoms with van der Waals surface area (Å²) in [5, 5.41) is 3.57. The van der Waals surface area contributed by atoms with Crippen molar-refractivity contribution in [2.45, 2.75) is 51.6 Å². The lowest BCUT2D eigenvalue weighted by Crippen LogP contribution is -2.52. The maximum Gasteiger partial charge on any atom is 0.264 e. The number of aryl methyl sites for hydroxylation is 1. The van der Waals surface area contributed by atoms with E-state index in [1.807, 2.05) is 20.8 Å². The van der Waals surface area contributed by atoms with Crippen molar-refractivity contribution >= 4 is 50.7 Å². The molecule has 11 heteroatoms. The van der Waals surface area contributed by atoms with Gasteiger partial charge in [0.05, 0.1) is 27.7 Å². The number of benzene rings is 3. The molecule has 1 N–H and O–H groups in total. The zero-order chi connectivity index (χ0) is 31.0. The van der Waals surface area contributed by atoms with Crippen LogP contribution >= 0.6 is 23.2 Å². The molecule has 0 bridgehead atoms. The Morgan fingerprint density at radius 3 is 2.26 bits per heavy atom. The number of anilines is 1. The largest absolute Gasteiger partial charge is 0.495 e. The van der Waals surface area contributed by atoms with Crippen LogP contribution in [-0.2, 0) is 26.2 Å². The van der Waals surface area contributed by atoms with Crippen molar-refractivity contribution < 1.29 is 22.7 Å². The molecular formula is C31H37Cl2N3O5S. The second kappa shape index (κ2) is 14.8. The number of carbonyl (C=O) groups excluding carboxylic acids is 2. The molecule has 0 fully saturated rings. The van der Waals surface area contributed by atoms with Gasteiger partial charge in [-0.15, -0.1) is 0 Å². The van der Waals surface area contributed by atoms with Crippen molar-refractivity contribution in [2.75, 3.05) is 24.5 Å². The van der Waals surface area contributed by atoms with Crippen LogP contribution in [-0.4, -0.2) is 51.4 Å². The van der Waals surface area contributed by atoms with Gasteiger partial charge in [-0.25, -0.2) is 8.42 Å². The highest BCUT2D eigenvalue weighted by atomic mass is 35.5. The third-order valence-electron chi connectivity index (χ3n) is 6.62. The fraction of sp³-hybridized carbons (Fsp3) is 0.355. The lowest BCUT2D eigenvalue weighted by atomic mass is 10.1. The van der Waals surface area contributed by atoms with Gasteiger partial charge in [0.1, 0.15) is 18.3 Å². The van der Waals surface area contributed by atoms with Crippen LogP contribution < -0.4 is 14.4 Å². The molecule has 3 aromatic carbocycles. The molecule has 0 saturated heterocycles. The van der Waals surface area contributed by atoms with Gasteiger partial charge in [0.25, 0.3) is 10.0 Å². The highest BCUT2D eigenvalue weighted by molar-refractivity contribution is 7.92. The highest BCUT2D eigenvalue weighted by Gasteiger charge is 2.35. The van der Waals surface area contributed by atoms with Crippen LogP contribution in [0.25, 0.3) is 0 Å². The van der Waals surface area contributed by atoms with Gasteiger partial charge < -0.3 is 15.0 Å². The van der Waals surface area contributed by atoms with Gasteiger partial charge in [-0.2, -0.15) is 0 Å². The van der Waals surface area contributed by atoms with Crippen molar-refractivity contribution in [3.63, 3.8) is 0 Å². The molecule has 0 unspecified atom stereocenters. The molecule has 0 aliphatic carbocycles. The van der Waals surface area contributed by atoms with Gasteiger partial charge in [-0.05, 0) is 66.8 Å². The van der Waals surface area contributed by atoms with E-state index in [9.17, 15) is 18.0 Å². The topological polar surface area (TPSA) is 96.0 Å². The number of nitrogens with one attached hydrogen (secondary N) is 1. The van der Waals surface area contributed by atoms with Crippen molar-refractivity contribution in [3.8, 4) is 5.75 Å². The first-order chi connectivity index (χ1) is 19.9. The number of amides is 2. The lowest BCUT2D eigenvalue weighted by molar-refractivity contribution is -0.140. The lowest BCUT2D eigenvalue weighted by Gasteiger charge is -2.33.